The van der Waals surface area contributed by atoms with Gasteiger partial charge in [0.15, 0.2) is 0 Å². The number of benzene rings is 1. The third-order valence-corrected chi connectivity index (χ3v) is 3.28. The van der Waals surface area contributed by atoms with Gasteiger partial charge in [-0.3, -0.25) is 4.57 Å². The van der Waals surface area contributed by atoms with E-state index in [0.29, 0.717) is 11.1 Å². The van der Waals surface area contributed by atoms with Crippen LogP contribution >= 0.6 is 15.9 Å². The molecule has 1 aromatic carbocycles. The van der Waals surface area contributed by atoms with Crippen LogP contribution in [0.3, 0.4) is 0 Å². The number of aliphatic hydroxyl groups is 1. The van der Waals surface area contributed by atoms with E-state index in [4.69, 9.17) is 4.74 Å². The molecule has 0 fully saturated rings. The zero-order valence-corrected chi connectivity index (χ0v) is 12.7. The molecule has 102 valence electrons. The number of nitrogens with zero attached hydrogens (tertiary/aromatic N) is 1. The van der Waals surface area contributed by atoms with E-state index in [9.17, 15) is 9.90 Å². The number of aromatic nitrogens is 1. The summed E-state index contributed by atoms with van der Waals surface area (Å²) in [4.78, 5) is 12.2. The molecule has 0 spiro atoms. The molecule has 0 saturated carbocycles. The summed E-state index contributed by atoms with van der Waals surface area (Å²) in [7, 11) is 0. The van der Waals surface area contributed by atoms with Gasteiger partial charge < -0.3 is 9.84 Å². The maximum Gasteiger partial charge on any atom is 0.419 e. The maximum absolute atomic E-state index is 12.2. The highest BCUT2D eigenvalue weighted by molar-refractivity contribution is 9.10. The largest absolute Gasteiger partial charge is 0.443 e. The summed E-state index contributed by atoms with van der Waals surface area (Å²) in [5, 5.41) is 10.2. The summed E-state index contributed by atoms with van der Waals surface area (Å²) < 4.78 is 7.63. The minimum atomic E-state index is -0.556. The molecule has 0 amide bonds. The number of ether oxygens (including phenoxy) is 1. The van der Waals surface area contributed by atoms with Crippen molar-refractivity contribution >= 4 is 32.9 Å². The fourth-order valence-electron chi connectivity index (χ4n) is 1.90. The van der Waals surface area contributed by atoms with Gasteiger partial charge in [-0.15, -0.1) is 0 Å². The highest BCUT2D eigenvalue weighted by atomic mass is 79.9. The summed E-state index contributed by atoms with van der Waals surface area (Å²) in [6, 6.07) is 5.54. The minimum absolute atomic E-state index is 0.130. The third-order valence-electron chi connectivity index (χ3n) is 2.62. The van der Waals surface area contributed by atoms with Crippen LogP contribution in [0.2, 0.25) is 0 Å². The smallest absolute Gasteiger partial charge is 0.419 e. The number of aliphatic hydroxyl groups excluding tert-OH is 1. The van der Waals surface area contributed by atoms with Gasteiger partial charge in [0.2, 0.25) is 0 Å². The molecule has 4 nitrogen and oxygen atoms in total. The maximum atomic E-state index is 12.2. The van der Waals surface area contributed by atoms with Gasteiger partial charge in [0.1, 0.15) is 5.60 Å². The lowest BCUT2D eigenvalue weighted by Gasteiger charge is -2.19. The van der Waals surface area contributed by atoms with Gasteiger partial charge >= 0.3 is 6.09 Å². The molecule has 0 radical (unpaired) electrons. The van der Waals surface area contributed by atoms with Crippen LogP contribution in [-0.2, 0) is 11.3 Å². The van der Waals surface area contributed by atoms with E-state index in [1.165, 1.54) is 4.57 Å². The van der Waals surface area contributed by atoms with Gasteiger partial charge in [0.05, 0.1) is 12.1 Å². The van der Waals surface area contributed by atoms with Crippen molar-refractivity contribution in [2.45, 2.75) is 33.0 Å². The van der Waals surface area contributed by atoms with E-state index in [1.807, 2.05) is 39.0 Å². The molecule has 19 heavy (non-hydrogen) atoms. The van der Waals surface area contributed by atoms with Crippen LogP contribution < -0.4 is 0 Å². The standard InChI is InChI=1S/C14H16BrNO3/c1-14(2,3)19-13(18)16-7-9(8-17)12-10(15)5-4-6-11(12)16/h4-7,17H,8H2,1-3H3. The van der Waals surface area contributed by atoms with E-state index < -0.39 is 11.7 Å². The predicted molar refractivity (Wildman–Crippen MR) is 77.2 cm³/mol. The molecule has 0 saturated heterocycles. The van der Waals surface area contributed by atoms with E-state index >= 15 is 0 Å². The van der Waals surface area contributed by atoms with E-state index in [2.05, 4.69) is 15.9 Å². The summed E-state index contributed by atoms with van der Waals surface area (Å²) in [5.41, 5.74) is 0.847. The SMILES string of the molecule is CC(C)(C)OC(=O)n1cc(CO)c2c(Br)cccc21. The van der Waals surface area contributed by atoms with Crippen molar-refractivity contribution in [3.05, 3.63) is 34.4 Å². The average molecular weight is 326 g/mol. The molecule has 0 aliphatic heterocycles. The lowest BCUT2D eigenvalue weighted by atomic mass is 10.2. The highest BCUT2D eigenvalue weighted by Crippen LogP contribution is 2.29. The van der Waals surface area contributed by atoms with Crippen LogP contribution in [0.5, 0.6) is 0 Å². The van der Waals surface area contributed by atoms with Gasteiger partial charge in [-0.1, -0.05) is 22.0 Å². The Morgan fingerprint density at radius 1 is 1.42 bits per heavy atom. The lowest BCUT2D eigenvalue weighted by molar-refractivity contribution is 0.0544. The first kappa shape index (κ1) is 14.1. The predicted octanol–water partition coefficient (Wildman–Crippen LogP) is 3.68. The van der Waals surface area contributed by atoms with Crippen molar-refractivity contribution < 1.29 is 14.6 Å². The van der Waals surface area contributed by atoms with E-state index in [1.54, 1.807) is 6.20 Å². The first-order valence-corrected chi connectivity index (χ1v) is 6.75. The molecule has 5 heteroatoms. The summed E-state index contributed by atoms with van der Waals surface area (Å²) in [5.74, 6) is 0. The Kier molecular flexibility index (Phi) is 3.69. The van der Waals surface area contributed by atoms with Gasteiger partial charge in [-0.2, -0.15) is 0 Å². The number of hydrogen-bond acceptors (Lipinski definition) is 3. The molecule has 1 aromatic heterocycles. The molecule has 2 aromatic rings. The van der Waals surface area contributed by atoms with Crippen LogP contribution in [0.1, 0.15) is 26.3 Å². The quantitative estimate of drug-likeness (QED) is 0.870. The van der Waals surface area contributed by atoms with E-state index in [0.717, 1.165) is 9.86 Å². The lowest BCUT2D eigenvalue weighted by Crippen LogP contribution is -2.26. The van der Waals surface area contributed by atoms with E-state index in [-0.39, 0.29) is 6.61 Å². The normalized spacial score (nSPS) is 11.8. The van der Waals surface area contributed by atoms with Crippen LogP contribution in [-0.4, -0.2) is 21.4 Å². The summed E-state index contributed by atoms with van der Waals surface area (Å²) in [6.45, 7) is 5.33. The second kappa shape index (κ2) is 4.98. The zero-order valence-electron chi connectivity index (χ0n) is 11.1. The Morgan fingerprint density at radius 2 is 2.11 bits per heavy atom. The zero-order chi connectivity index (χ0) is 14.2. The Hall–Kier alpha value is -1.33. The molecule has 1 heterocycles. The number of carbonyl (C=O) groups excluding carboxylic acids is 1. The monoisotopic (exact) mass is 325 g/mol. The minimum Gasteiger partial charge on any atom is -0.443 e. The van der Waals surface area contributed by atoms with Crippen LogP contribution in [0, 0.1) is 0 Å². The molecule has 0 bridgehead atoms. The van der Waals surface area contributed by atoms with Crippen molar-refractivity contribution in [3.63, 3.8) is 0 Å². The summed E-state index contributed by atoms with van der Waals surface area (Å²) >= 11 is 3.44. The fraction of sp³-hybridized carbons (Fsp3) is 0.357. The van der Waals surface area contributed by atoms with Crippen LogP contribution in [0.25, 0.3) is 10.9 Å². The number of carbonyl (C=O) groups is 1. The van der Waals surface area contributed by atoms with Crippen molar-refractivity contribution in [1.82, 2.24) is 4.57 Å². The molecule has 2 rings (SSSR count). The molecule has 0 aliphatic rings. The second-order valence-corrected chi connectivity index (χ2v) is 6.15. The fourth-order valence-corrected chi connectivity index (χ4v) is 2.51. The van der Waals surface area contributed by atoms with Gasteiger partial charge in [-0.25, -0.2) is 4.79 Å². The van der Waals surface area contributed by atoms with Crippen LogP contribution in [0.4, 0.5) is 4.79 Å². The van der Waals surface area contributed by atoms with Crippen LogP contribution in [0.15, 0.2) is 28.9 Å². The van der Waals surface area contributed by atoms with Gasteiger partial charge in [0, 0.05) is 21.6 Å². The Labute approximate surface area is 120 Å². The van der Waals surface area contributed by atoms with Crippen molar-refractivity contribution in [3.8, 4) is 0 Å². The molecular formula is C14H16BrNO3. The first-order valence-electron chi connectivity index (χ1n) is 5.96. The Balaban J connectivity index is 2.56. The van der Waals surface area contributed by atoms with Crippen molar-refractivity contribution in [2.24, 2.45) is 0 Å². The third kappa shape index (κ3) is 2.82. The summed E-state index contributed by atoms with van der Waals surface area (Å²) in [6.07, 6.45) is 1.17. The number of halogens is 1. The number of hydrogen-bond donors (Lipinski definition) is 1. The molecular weight excluding hydrogens is 310 g/mol. The number of rotatable bonds is 1. The molecule has 0 aliphatic carbocycles. The number of fused-ring (bicyclic) bond motifs is 1. The Bertz CT molecular complexity index is 625. The first-order chi connectivity index (χ1) is 8.83. The second-order valence-electron chi connectivity index (χ2n) is 5.30. The van der Waals surface area contributed by atoms with Crippen molar-refractivity contribution in [2.75, 3.05) is 0 Å². The molecule has 1 N–H and O–H groups in total. The van der Waals surface area contributed by atoms with Crippen molar-refractivity contribution in [1.29, 1.82) is 0 Å². The average Bonchev–Trinajstić information content (AvgIpc) is 2.67. The molecule has 0 atom stereocenters. The Morgan fingerprint density at radius 3 is 2.68 bits per heavy atom. The van der Waals surface area contributed by atoms with Gasteiger partial charge in [0.25, 0.3) is 0 Å². The molecule has 0 unspecified atom stereocenters. The van der Waals surface area contributed by atoms with Gasteiger partial charge in [-0.05, 0) is 32.9 Å². The topological polar surface area (TPSA) is 51.5 Å². The highest BCUT2D eigenvalue weighted by Gasteiger charge is 2.21.